The van der Waals surface area contributed by atoms with Crippen molar-refractivity contribution in [3.63, 3.8) is 0 Å². The Kier molecular flexibility index (Phi) is 3.65. The fourth-order valence-electron chi connectivity index (χ4n) is 2.32. The van der Waals surface area contributed by atoms with Crippen molar-refractivity contribution in [2.24, 2.45) is 0 Å². The minimum Gasteiger partial charge on any atom is -0.393 e. The van der Waals surface area contributed by atoms with Crippen LogP contribution in [0.25, 0.3) is 0 Å². The van der Waals surface area contributed by atoms with Crippen LogP contribution in [0, 0.1) is 18.3 Å². The van der Waals surface area contributed by atoms with Crippen LogP contribution >= 0.6 is 0 Å². The van der Waals surface area contributed by atoms with Gasteiger partial charge in [-0.05, 0) is 50.3 Å². The van der Waals surface area contributed by atoms with Crippen molar-refractivity contribution >= 4 is 5.69 Å². The van der Waals surface area contributed by atoms with E-state index in [-0.39, 0.29) is 6.10 Å². The van der Waals surface area contributed by atoms with Crippen molar-refractivity contribution < 1.29 is 5.11 Å². The zero-order chi connectivity index (χ0) is 12.3. The maximum absolute atomic E-state index is 9.45. The molecule has 0 radical (unpaired) electrons. The van der Waals surface area contributed by atoms with Gasteiger partial charge in [0.1, 0.15) is 6.07 Å². The molecule has 0 spiro atoms. The largest absolute Gasteiger partial charge is 0.393 e. The number of nitrogens with zero attached hydrogens (tertiary/aromatic N) is 1. The summed E-state index contributed by atoms with van der Waals surface area (Å²) < 4.78 is 0. The SMILES string of the molecule is Cc1ccc(NC2CCC(O)CC2)c(C#N)c1. The summed E-state index contributed by atoms with van der Waals surface area (Å²) in [5.74, 6) is 0. The first-order chi connectivity index (χ1) is 8.19. The molecular weight excluding hydrogens is 212 g/mol. The lowest BCUT2D eigenvalue weighted by molar-refractivity contribution is 0.126. The van der Waals surface area contributed by atoms with Crippen LogP contribution in [0.2, 0.25) is 0 Å². The van der Waals surface area contributed by atoms with E-state index in [4.69, 9.17) is 5.26 Å². The van der Waals surface area contributed by atoms with Crippen LogP contribution in [0.4, 0.5) is 5.69 Å². The normalized spacial score (nSPS) is 24.1. The average Bonchev–Trinajstić information content (AvgIpc) is 2.34. The standard InChI is InChI=1S/C14H18N2O/c1-10-2-7-14(11(8-10)9-15)16-12-3-5-13(17)6-4-12/h2,7-8,12-13,16-17H,3-6H2,1H3. The minimum atomic E-state index is -0.137. The predicted octanol–water partition coefficient (Wildman–Crippen LogP) is 2.58. The lowest BCUT2D eigenvalue weighted by Crippen LogP contribution is -2.28. The number of nitrogens with one attached hydrogen (secondary N) is 1. The number of aliphatic hydroxyl groups is 1. The van der Waals surface area contributed by atoms with E-state index in [2.05, 4.69) is 11.4 Å². The highest BCUT2D eigenvalue weighted by molar-refractivity contribution is 5.59. The second-order valence-electron chi connectivity index (χ2n) is 4.81. The van der Waals surface area contributed by atoms with Crippen molar-refractivity contribution in [3.05, 3.63) is 29.3 Å². The molecule has 0 heterocycles. The number of aryl methyl sites for hydroxylation is 1. The smallest absolute Gasteiger partial charge is 0.101 e. The number of hydrogen-bond donors (Lipinski definition) is 2. The molecule has 17 heavy (non-hydrogen) atoms. The van der Waals surface area contributed by atoms with Crippen LogP contribution in [-0.4, -0.2) is 17.3 Å². The molecule has 90 valence electrons. The molecular formula is C14H18N2O. The molecule has 2 rings (SSSR count). The van der Waals surface area contributed by atoms with Gasteiger partial charge in [0, 0.05) is 6.04 Å². The van der Waals surface area contributed by atoms with E-state index < -0.39 is 0 Å². The molecule has 0 saturated heterocycles. The molecule has 0 bridgehead atoms. The third kappa shape index (κ3) is 2.98. The second-order valence-corrected chi connectivity index (χ2v) is 4.81. The van der Waals surface area contributed by atoms with Crippen LogP contribution in [0.15, 0.2) is 18.2 Å². The van der Waals surface area contributed by atoms with Gasteiger partial charge in [-0.25, -0.2) is 0 Å². The van der Waals surface area contributed by atoms with Gasteiger partial charge in [0.2, 0.25) is 0 Å². The zero-order valence-electron chi connectivity index (χ0n) is 10.1. The van der Waals surface area contributed by atoms with E-state index >= 15 is 0 Å². The van der Waals surface area contributed by atoms with Gasteiger partial charge >= 0.3 is 0 Å². The number of nitriles is 1. The molecule has 0 unspecified atom stereocenters. The maximum atomic E-state index is 9.45. The number of aliphatic hydroxyl groups excluding tert-OH is 1. The van der Waals surface area contributed by atoms with E-state index in [1.807, 2.05) is 25.1 Å². The molecule has 0 aliphatic heterocycles. The number of hydrogen-bond acceptors (Lipinski definition) is 3. The van der Waals surface area contributed by atoms with Crippen molar-refractivity contribution in [3.8, 4) is 6.07 Å². The van der Waals surface area contributed by atoms with Gasteiger partial charge in [0.15, 0.2) is 0 Å². The van der Waals surface area contributed by atoms with Gasteiger partial charge in [-0.2, -0.15) is 5.26 Å². The summed E-state index contributed by atoms with van der Waals surface area (Å²) in [5.41, 5.74) is 2.72. The Hall–Kier alpha value is -1.53. The molecule has 1 aliphatic rings. The molecule has 1 fully saturated rings. The van der Waals surface area contributed by atoms with Crippen molar-refractivity contribution in [2.75, 3.05) is 5.32 Å². The highest BCUT2D eigenvalue weighted by atomic mass is 16.3. The topological polar surface area (TPSA) is 56.0 Å². The Morgan fingerprint density at radius 1 is 1.29 bits per heavy atom. The maximum Gasteiger partial charge on any atom is 0.101 e. The van der Waals surface area contributed by atoms with Crippen LogP contribution in [-0.2, 0) is 0 Å². The van der Waals surface area contributed by atoms with Gasteiger partial charge in [-0.3, -0.25) is 0 Å². The van der Waals surface area contributed by atoms with Gasteiger partial charge in [-0.15, -0.1) is 0 Å². The van der Waals surface area contributed by atoms with Crippen LogP contribution in [0.1, 0.15) is 36.8 Å². The summed E-state index contributed by atoms with van der Waals surface area (Å²) in [6.07, 6.45) is 3.51. The molecule has 0 aromatic heterocycles. The number of anilines is 1. The van der Waals surface area contributed by atoms with E-state index in [0.29, 0.717) is 11.6 Å². The first-order valence-electron chi connectivity index (χ1n) is 6.14. The number of rotatable bonds is 2. The van der Waals surface area contributed by atoms with Gasteiger partial charge in [0.05, 0.1) is 17.4 Å². The summed E-state index contributed by atoms with van der Waals surface area (Å²) in [5, 5.41) is 21.9. The monoisotopic (exact) mass is 230 g/mol. The molecule has 3 nitrogen and oxygen atoms in total. The van der Waals surface area contributed by atoms with E-state index in [1.165, 1.54) is 0 Å². The van der Waals surface area contributed by atoms with Gasteiger partial charge in [0.25, 0.3) is 0 Å². The molecule has 2 N–H and O–H groups in total. The first kappa shape index (κ1) is 11.9. The Labute approximate surface area is 102 Å². The van der Waals surface area contributed by atoms with Crippen molar-refractivity contribution in [1.82, 2.24) is 0 Å². The zero-order valence-corrected chi connectivity index (χ0v) is 10.1. The second kappa shape index (κ2) is 5.20. The van der Waals surface area contributed by atoms with Crippen molar-refractivity contribution in [1.29, 1.82) is 5.26 Å². The molecule has 1 aromatic rings. The van der Waals surface area contributed by atoms with Gasteiger partial charge in [-0.1, -0.05) is 6.07 Å². The average molecular weight is 230 g/mol. The summed E-state index contributed by atoms with van der Waals surface area (Å²) in [7, 11) is 0. The third-order valence-electron chi connectivity index (χ3n) is 3.35. The van der Waals surface area contributed by atoms with E-state index in [0.717, 1.165) is 36.9 Å². The molecule has 0 amide bonds. The van der Waals surface area contributed by atoms with Crippen LogP contribution < -0.4 is 5.32 Å². The van der Waals surface area contributed by atoms with Gasteiger partial charge < -0.3 is 10.4 Å². The highest BCUT2D eigenvalue weighted by Gasteiger charge is 2.19. The Bertz CT molecular complexity index is 428. The molecule has 1 aromatic carbocycles. The molecule has 1 aliphatic carbocycles. The molecule has 0 atom stereocenters. The fraction of sp³-hybridized carbons (Fsp3) is 0.500. The summed E-state index contributed by atoms with van der Waals surface area (Å²) in [4.78, 5) is 0. The minimum absolute atomic E-state index is 0.137. The molecule has 3 heteroatoms. The van der Waals surface area contributed by atoms with E-state index in [9.17, 15) is 5.11 Å². The Balaban J connectivity index is 2.06. The summed E-state index contributed by atoms with van der Waals surface area (Å²) in [6.45, 7) is 1.99. The summed E-state index contributed by atoms with van der Waals surface area (Å²) in [6, 6.07) is 8.49. The van der Waals surface area contributed by atoms with Crippen LogP contribution in [0.5, 0.6) is 0 Å². The molecule has 1 saturated carbocycles. The third-order valence-corrected chi connectivity index (χ3v) is 3.35. The summed E-state index contributed by atoms with van der Waals surface area (Å²) >= 11 is 0. The Morgan fingerprint density at radius 2 is 2.00 bits per heavy atom. The van der Waals surface area contributed by atoms with E-state index in [1.54, 1.807) is 0 Å². The number of benzene rings is 1. The fourth-order valence-corrected chi connectivity index (χ4v) is 2.32. The highest BCUT2D eigenvalue weighted by Crippen LogP contribution is 2.24. The predicted molar refractivity (Wildman–Crippen MR) is 67.8 cm³/mol. The lowest BCUT2D eigenvalue weighted by atomic mass is 9.92. The van der Waals surface area contributed by atoms with Crippen LogP contribution in [0.3, 0.4) is 0 Å². The quantitative estimate of drug-likeness (QED) is 0.821. The van der Waals surface area contributed by atoms with Crippen molar-refractivity contribution in [2.45, 2.75) is 44.8 Å². The first-order valence-corrected chi connectivity index (χ1v) is 6.14. The Morgan fingerprint density at radius 3 is 2.65 bits per heavy atom. The lowest BCUT2D eigenvalue weighted by Gasteiger charge is -2.27.